The summed E-state index contributed by atoms with van der Waals surface area (Å²) in [5.41, 5.74) is 11.4. The summed E-state index contributed by atoms with van der Waals surface area (Å²) in [5.74, 6) is 1.65. The van der Waals surface area contributed by atoms with E-state index in [1.807, 2.05) is 89.6 Å². The maximum atomic E-state index is 11.1. The average Bonchev–Trinajstić information content (AvgIpc) is 1.36. The molecule has 4 heterocycles. The number of rotatable bonds is 9. The average molecular weight is 1250 g/mol. The molecule has 14 aromatic rings. The minimum Gasteiger partial charge on any atom is -0.458 e. The monoisotopic (exact) mass is 1250 g/mol. The summed E-state index contributed by atoms with van der Waals surface area (Å²) in [7, 11) is -6.27. The van der Waals surface area contributed by atoms with Crippen molar-refractivity contribution in [1.82, 2.24) is 14.1 Å². The Morgan fingerprint density at radius 3 is 1.73 bits per heavy atom. The van der Waals surface area contributed by atoms with E-state index in [0.29, 0.717) is 39.3 Å². The van der Waals surface area contributed by atoms with Gasteiger partial charge >= 0.3 is 0 Å². The summed E-state index contributed by atoms with van der Waals surface area (Å²) in [6.07, 6.45) is 7.55. The summed E-state index contributed by atoms with van der Waals surface area (Å²) in [6, 6.07) is 28.6. The summed E-state index contributed by atoms with van der Waals surface area (Å²) in [4.78, 5) is 4.92. The van der Waals surface area contributed by atoms with Crippen LogP contribution in [0.1, 0.15) is 130 Å². The van der Waals surface area contributed by atoms with Gasteiger partial charge in [0, 0.05) is 23.0 Å². The number of hydrogen-bond donors (Lipinski definition) is 0. The fourth-order valence-electron chi connectivity index (χ4n) is 14.4. The van der Waals surface area contributed by atoms with Crippen molar-refractivity contribution in [2.24, 2.45) is 0 Å². The molecule has 0 amide bonds. The number of ether oxygens (including phenoxy) is 1. The molecule has 94 heavy (non-hydrogen) atoms. The van der Waals surface area contributed by atoms with E-state index >= 15 is 0 Å². The molecule has 1 aliphatic carbocycles. The molecule has 3 aromatic heterocycles. The van der Waals surface area contributed by atoms with Gasteiger partial charge in [-0.05, 0) is 183 Å². The van der Waals surface area contributed by atoms with E-state index in [-0.39, 0.29) is 21.8 Å². The van der Waals surface area contributed by atoms with Crippen LogP contribution in [-0.2, 0) is 21.7 Å². The molecule has 6 heteroatoms. The molecular weight excluding hydrogens is 1160 g/mol. The van der Waals surface area contributed by atoms with E-state index in [9.17, 15) is 21.9 Å². The van der Waals surface area contributed by atoms with Gasteiger partial charge in [0.15, 0.2) is 8.07 Å². The van der Waals surface area contributed by atoms with Crippen molar-refractivity contribution in [2.45, 2.75) is 104 Å². The lowest BCUT2D eigenvalue weighted by atomic mass is 9.62. The Labute approximate surface area is 581 Å². The molecule has 0 saturated carbocycles. The molecule has 0 unspecified atom stereocenters. The smallest absolute Gasteiger partial charge is 0.269 e. The number of aromatic nitrogens is 4. The van der Waals surface area contributed by atoms with Gasteiger partial charge < -0.3 is 4.74 Å². The van der Waals surface area contributed by atoms with Crippen molar-refractivity contribution >= 4 is 61.7 Å². The number of para-hydroxylation sites is 2. The Morgan fingerprint density at radius 2 is 1.07 bits per heavy atom. The normalized spacial score (nSPS) is 17.0. The molecule has 1 aliphatic heterocycles. The van der Waals surface area contributed by atoms with Crippen molar-refractivity contribution in [1.29, 1.82) is 0 Å². The SMILES string of the molecule is [2H]c1c([2H])c([2H])c([Si](c2c([2H])c([2H])c([2H])c([2H])c2[2H])(c2c([2H])c([2H])c([2H])c([2H])c2[2H])c2c([2H])c([2H])c([2H])c(-c3cc4c5c(c3)n(-c3cccc(Oc6ccc7c8ccccc8n(-c8cc(C(C)(C)C)ccn8)c7c6)c3)[c-][n+]5-c3c(cccc3C(C)(C)C)-c3cc5c(cc3-c3ccccc3-4)C(C)(C)CCC5(C)C)c2[2H])c([2H])c1[2H]. The summed E-state index contributed by atoms with van der Waals surface area (Å²) >= 11 is 0. The maximum Gasteiger partial charge on any atom is 0.269 e. The van der Waals surface area contributed by atoms with E-state index in [0.717, 1.165) is 79.5 Å². The minimum absolute atomic E-state index is 0.00813. The molecule has 0 bridgehead atoms. The van der Waals surface area contributed by atoms with Crippen LogP contribution in [0.25, 0.3) is 94.5 Å². The molecular formula is C88H78N4OSi. The van der Waals surface area contributed by atoms with Crippen LogP contribution in [0.3, 0.4) is 0 Å². The molecule has 0 N–H and O–H groups in total. The van der Waals surface area contributed by atoms with E-state index in [2.05, 4.69) is 139 Å². The van der Waals surface area contributed by atoms with Gasteiger partial charge in [-0.2, -0.15) is 0 Å². The third kappa shape index (κ3) is 9.62. The molecule has 0 spiro atoms. The van der Waals surface area contributed by atoms with Gasteiger partial charge in [-0.1, -0.05) is 263 Å². The Balaban J connectivity index is 1.05. The second-order valence-corrected chi connectivity index (χ2v) is 31.7. The highest BCUT2D eigenvalue weighted by Crippen LogP contribution is 2.53. The van der Waals surface area contributed by atoms with Crippen LogP contribution < -0.4 is 30.1 Å². The van der Waals surface area contributed by atoms with Crippen LogP contribution in [0.2, 0.25) is 0 Å². The molecule has 460 valence electrons. The number of hydrogen-bond acceptors (Lipinski definition) is 2. The zero-order chi connectivity index (χ0) is 81.0. The predicted molar refractivity (Wildman–Crippen MR) is 394 cm³/mol. The van der Waals surface area contributed by atoms with Crippen molar-refractivity contribution in [3.8, 4) is 73.2 Å². The topological polar surface area (TPSA) is 35.9 Å². The lowest BCUT2D eigenvalue weighted by molar-refractivity contribution is -0.572. The third-order valence-corrected chi connectivity index (χ3v) is 23.3. The van der Waals surface area contributed by atoms with Crippen LogP contribution >= 0.6 is 0 Å². The third-order valence-electron chi connectivity index (χ3n) is 19.3. The number of imidazole rings is 1. The van der Waals surface area contributed by atoms with E-state index in [1.165, 1.54) is 11.1 Å². The lowest BCUT2D eigenvalue weighted by Crippen LogP contribution is -2.74. The largest absolute Gasteiger partial charge is 0.458 e. The number of benzene rings is 11. The second-order valence-electron chi connectivity index (χ2n) is 28.2. The Kier molecular flexibility index (Phi) is 9.70. The highest BCUT2D eigenvalue weighted by Gasteiger charge is 2.43. The molecule has 16 rings (SSSR count). The Morgan fingerprint density at radius 1 is 0.489 bits per heavy atom. The molecule has 0 saturated heterocycles. The van der Waals surface area contributed by atoms with E-state index < -0.39 is 155 Å². The standard InChI is InChI=1S/C88H78N4OSi/c1-85(2,3)60-45-48-89-82(52-60)92-79-42-23-22-39-70(79)71-44-43-63(54-80(71)92)93-62-29-25-28-61(53-62)90-57-91-83-72(40-26-41-76(83)86(4,5)6)74-56-78-77(87(7,8)46-47-88(78,9)10)55-73(74)68-37-20-21-38-69(68)75-50-59(51-81(90)84(75)91)58-27-24-36-67(49-58)94(64-30-14-11-15-31-64,65-32-16-12-17-33-65)66-34-18-13-19-35-66/h11-45,48-56H,46-47H2,1-10H3/i11D,12D,13D,14D,15D,16D,17D,18D,19D,24D,27D,30D,31D,32D,33D,34D,35D,36D,49D. The van der Waals surface area contributed by atoms with Crippen molar-refractivity contribution in [3.63, 3.8) is 0 Å². The molecule has 2 aliphatic rings. The van der Waals surface area contributed by atoms with Crippen LogP contribution in [0.5, 0.6) is 11.5 Å². The van der Waals surface area contributed by atoms with Crippen LogP contribution in [0.4, 0.5) is 0 Å². The van der Waals surface area contributed by atoms with E-state index in [4.69, 9.17) is 13.8 Å². The first-order valence-corrected chi connectivity index (χ1v) is 33.8. The van der Waals surface area contributed by atoms with Gasteiger partial charge in [0.2, 0.25) is 0 Å². The van der Waals surface area contributed by atoms with Gasteiger partial charge in [-0.15, -0.1) is 0 Å². The minimum atomic E-state index is -6.27. The number of nitrogens with zero attached hydrogens (tertiary/aromatic N) is 4. The fourth-order valence-corrected chi connectivity index (χ4v) is 17.9. The summed E-state index contributed by atoms with van der Waals surface area (Å²) in [5, 5.41) is -1.68. The molecule has 0 fully saturated rings. The quantitative estimate of drug-likeness (QED) is 0.0625. The van der Waals surface area contributed by atoms with Crippen molar-refractivity contribution in [3.05, 3.63) is 295 Å². The molecule has 0 radical (unpaired) electrons. The zero-order valence-electron chi connectivity index (χ0n) is 73.0. The molecule has 5 nitrogen and oxygen atoms in total. The predicted octanol–water partition coefficient (Wildman–Crippen LogP) is 19.3. The Hall–Kier alpha value is -10.1. The number of pyridine rings is 1. The van der Waals surface area contributed by atoms with Crippen molar-refractivity contribution < 1.29 is 35.3 Å². The number of fused-ring (bicyclic) bond motifs is 11. The maximum absolute atomic E-state index is 11.1. The molecule has 0 atom stereocenters. The first kappa shape index (κ1) is 41.4. The Bertz CT molecular complexity index is 6270. The van der Waals surface area contributed by atoms with Crippen LogP contribution in [0, 0.1) is 6.33 Å². The zero-order valence-corrected chi connectivity index (χ0v) is 55.0. The molecule has 11 aromatic carbocycles. The van der Waals surface area contributed by atoms with E-state index in [1.54, 1.807) is 12.1 Å². The van der Waals surface area contributed by atoms with Gasteiger partial charge in [-0.3, -0.25) is 13.7 Å². The first-order chi connectivity index (χ1) is 53.2. The lowest BCUT2D eigenvalue weighted by Gasteiger charge is -2.42. The van der Waals surface area contributed by atoms with Gasteiger partial charge in [0.05, 0.1) is 59.5 Å². The summed E-state index contributed by atoms with van der Waals surface area (Å²) in [6.45, 7) is 22.1. The highest BCUT2D eigenvalue weighted by molar-refractivity contribution is 7.19. The summed E-state index contributed by atoms with van der Waals surface area (Å²) < 4.78 is 197. The van der Waals surface area contributed by atoms with Gasteiger partial charge in [0.1, 0.15) is 17.3 Å². The first-order valence-electron chi connectivity index (χ1n) is 41.3. The van der Waals surface area contributed by atoms with Gasteiger partial charge in [-0.25, -0.2) is 4.98 Å². The fraction of sp³-hybridized carbons (Fsp3) is 0.182. The van der Waals surface area contributed by atoms with Crippen LogP contribution in [0.15, 0.2) is 267 Å². The van der Waals surface area contributed by atoms with Gasteiger partial charge in [0.25, 0.3) is 6.33 Å². The second kappa shape index (κ2) is 22.0. The highest BCUT2D eigenvalue weighted by atomic mass is 28.3. The van der Waals surface area contributed by atoms with Crippen molar-refractivity contribution in [2.75, 3.05) is 0 Å². The van der Waals surface area contributed by atoms with Crippen LogP contribution in [-0.4, -0.2) is 22.2 Å².